The van der Waals surface area contributed by atoms with Gasteiger partial charge in [-0.2, -0.15) is 0 Å². The fourth-order valence-corrected chi connectivity index (χ4v) is 1.60. The zero-order chi connectivity index (χ0) is 14.1. The second-order valence-corrected chi connectivity index (χ2v) is 3.84. The van der Waals surface area contributed by atoms with Crippen LogP contribution in [0.3, 0.4) is 0 Å². The molecule has 0 spiro atoms. The first-order chi connectivity index (χ1) is 9.17. The van der Waals surface area contributed by atoms with Gasteiger partial charge in [-0.1, -0.05) is 6.07 Å². The van der Waals surface area contributed by atoms with Crippen LogP contribution in [0.25, 0.3) is 0 Å². The Morgan fingerprint density at radius 1 is 1.16 bits per heavy atom. The van der Waals surface area contributed by atoms with E-state index in [0.29, 0.717) is 32.0 Å². The first-order valence-electron chi connectivity index (χ1n) is 6.35. The molecule has 0 bridgehead atoms. The topological polar surface area (TPSA) is 65.0 Å². The maximum atomic E-state index is 10.3. The summed E-state index contributed by atoms with van der Waals surface area (Å²) in [6.45, 7) is 5.09. The molecule has 1 N–H and O–H groups in total. The van der Waals surface area contributed by atoms with Crippen LogP contribution in [0.1, 0.15) is 19.4 Å². The molecular formula is C14H20O5. The third-order valence-corrected chi connectivity index (χ3v) is 2.37. The minimum Gasteiger partial charge on any atom is -0.490 e. The number of aliphatic carboxylic acids is 1. The van der Waals surface area contributed by atoms with Crippen molar-refractivity contribution in [3.05, 3.63) is 23.8 Å². The molecule has 1 aromatic rings. The van der Waals surface area contributed by atoms with Gasteiger partial charge in [0.1, 0.15) is 6.61 Å². The normalized spacial score (nSPS) is 10.2. The van der Waals surface area contributed by atoms with Crippen molar-refractivity contribution < 1.29 is 24.1 Å². The molecule has 19 heavy (non-hydrogen) atoms. The van der Waals surface area contributed by atoms with Crippen LogP contribution in [0.15, 0.2) is 18.2 Å². The molecule has 5 heteroatoms. The predicted octanol–water partition coefficient (Wildman–Crippen LogP) is 2.13. The molecule has 1 aromatic carbocycles. The molecular weight excluding hydrogens is 248 g/mol. The minimum absolute atomic E-state index is 0.269. The first kappa shape index (κ1) is 15.3. The van der Waals surface area contributed by atoms with Crippen molar-refractivity contribution in [2.75, 3.05) is 26.4 Å². The van der Waals surface area contributed by atoms with Crippen LogP contribution in [0.5, 0.6) is 11.5 Å². The number of carbonyl (C=O) groups is 1. The lowest BCUT2D eigenvalue weighted by Gasteiger charge is -2.12. The van der Waals surface area contributed by atoms with Gasteiger partial charge in [0.25, 0.3) is 0 Å². The average molecular weight is 268 g/mol. The molecule has 5 nitrogen and oxygen atoms in total. The molecule has 0 amide bonds. The lowest BCUT2D eigenvalue weighted by molar-refractivity contribution is -0.142. The van der Waals surface area contributed by atoms with Crippen molar-refractivity contribution in [3.63, 3.8) is 0 Å². The van der Waals surface area contributed by atoms with E-state index in [9.17, 15) is 4.79 Å². The lowest BCUT2D eigenvalue weighted by Crippen LogP contribution is -2.09. The van der Waals surface area contributed by atoms with Crippen LogP contribution in [0.2, 0.25) is 0 Å². The average Bonchev–Trinajstić information content (AvgIpc) is 2.38. The van der Waals surface area contributed by atoms with Crippen LogP contribution in [-0.2, 0) is 16.0 Å². The van der Waals surface area contributed by atoms with Crippen molar-refractivity contribution >= 4 is 5.97 Å². The van der Waals surface area contributed by atoms with E-state index in [0.717, 1.165) is 11.3 Å². The number of benzene rings is 1. The Morgan fingerprint density at radius 2 is 1.84 bits per heavy atom. The second-order valence-electron chi connectivity index (χ2n) is 3.84. The third kappa shape index (κ3) is 5.61. The number of hydrogen-bond donors (Lipinski definition) is 1. The second kappa shape index (κ2) is 8.37. The molecule has 0 aromatic heterocycles. The van der Waals surface area contributed by atoms with Crippen LogP contribution in [-0.4, -0.2) is 37.5 Å². The summed E-state index contributed by atoms with van der Waals surface area (Å²) in [7, 11) is 0. The van der Waals surface area contributed by atoms with E-state index in [1.165, 1.54) is 0 Å². The fourth-order valence-electron chi connectivity index (χ4n) is 1.60. The van der Waals surface area contributed by atoms with Gasteiger partial charge in [0, 0.05) is 0 Å². The van der Waals surface area contributed by atoms with E-state index in [1.54, 1.807) is 0 Å². The van der Waals surface area contributed by atoms with E-state index in [-0.39, 0.29) is 6.61 Å². The number of ether oxygens (including phenoxy) is 3. The molecule has 0 atom stereocenters. The molecule has 0 aliphatic carbocycles. The van der Waals surface area contributed by atoms with Gasteiger partial charge >= 0.3 is 5.97 Å². The highest BCUT2D eigenvalue weighted by Crippen LogP contribution is 2.28. The van der Waals surface area contributed by atoms with Gasteiger partial charge in [0.05, 0.1) is 19.8 Å². The van der Waals surface area contributed by atoms with E-state index < -0.39 is 5.97 Å². The smallest absolute Gasteiger partial charge is 0.329 e. The van der Waals surface area contributed by atoms with Crippen molar-refractivity contribution in [3.8, 4) is 11.5 Å². The Hall–Kier alpha value is -1.75. The highest BCUT2D eigenvalue weighted by molar-refractivity contribution is 5.67. The number of rotatable bonds is 9. The fraction of sp³-hybridized carbons (Fsp3) is 0.500. The van der Waals surface area contributed by atoms with Gasteiger partial charge in [-0.05, 0) is 38.0 Å². The van der Waals surface area contributed by atoms with Gasteiger partial charge in [-0.3, -0.25) is 0 Å². The quantitative estimate of drug-likeness (QED) is 0.695. The summed E-state index contributed by atoms with van der Waals surface area (Å²) in [6, 6.07) is 5.69. The van der Waals surface area contributed by atoms with E-state index in [2.05, 4.69) is 0 Å². The molecule has 0 fully saturated rings. The third-order valence-electron chi connectivity index (χ3n) is 2.37. The molecule has 0 saturated carbocycles. The van der Waals surface area contributed by atoms with Crippen molar-refractivity contribution in [2.45, 2.75) is 20.3 Å². The Morgan fingerprint density at radius 3 is 2.47 bits per heavy atom. The lowest BCUT2D eigenvalue weighted by atomic mass is 10.1. The monoisotopic (exact) mass is 268 g/mol. The van der Waals surface area contributed by atoms with Crippen LogP contribution in [0, 0.1) is 0 Å². The number of carboxylic acid groups (broad SMARTS) is 1. The highest BCUT2D eigenvalue weighted by Gasteiger charge is 2.06. The van der Waals surface area contributed by atoms with Crippen LogP contribution < -0.4 is 9.47 Å². The summed E-state index contributed by atoms with van der Waals surface area (Å²) < 4.78 is 16.0. The molecule has 1 rings (SSSR count). The number of hydrogen-bond acceptors (Lipinski definition) is 4. The number of carboxylic acids is 1. The molecule has 0 saturated heterocycles. The predicted molar refractivity (Wildman–Crippen MR) is 70.9 cm³/mol. The van der Waals surface area contributed by atoms with Gasteiger partial charge in [-0.15, -0.1) is 0 Å². The molecule has 0 heterocycles. The van der Waals surface area contributed by atoms with Crippen molar-refractivity contribution in [1.82, 2.24) is 0 Å². The maximum Gasteiger partial charge on any atom is 0.329 e. The maximum absolute atomic E-state index is 10.3. The van der Waals surface area contributed by atoms with E-state index in [1.807, 2.05) is 32.0 Å². The van der Waals surface area contributed by atoms with Crippen molar-refractivity contribution in [2.24, 2.45) is 0 Å². The Labute approximate surface area is 113 Å². The van der Waals surface area contributed by atoms with Gasteiger partial charge in [0.2, 0.25) is 0 Å². The molecule has 0 aliphatic heterocycles. The molecule has 0 radical (unpaired) electrons. The van der Waals surface area contributed by atoms with Crippen LogP contribution in [0.4, 0.5) is 0 Å². The zero-order valence-corrected chi connectivity index (χ0v) is 11.3. The molecule has 106 valence electrons. The summed E-state index contributed by atoms with van der Waals surface area (Å²) in [5.41, 5.74) is 1.03. The summed E-state index contributed by atoms with van der Waals surface area (Å²) >= 11 is 0. The van der Waals surface area contributed by atoms with Gasteiger partial charge < -0.3 is 19.3 Å². The van der Waals surface area contributed by atoms with Crippen LogP contribution >= 0.6 is 0 Å². The van der Waals surface area contributed by atoms with Gasteiger partial charge in [0.15, 0.2) is 11.5 Å². The summed E-state index contributed by atoms with van der Waals surface area (Å²) in [6.07, 6.45) is 0.639. The summed E-state index contributed by atoms with van der Waals surface area (Å²) in [5, 5.41) is 8.46. The molecule has 0 aliphatic rings. The minimum atomic E-state index is -0.957. The Bertz CT molecular complexity index is 403. The largest absolute Gasteiger partial charge is 0.490 e. The Kier molecular flexibility index (Phi) is 6.74. The summed E-state index contributed by atoms with van der Waals surface area (Å²) in [4.78, 5) is 10.3. The first-order valence-corrected chi connectivity index (χ1v) is 6.35. The van der Waals surface area contributed by atoms with E-state index in [4.69, 9.17) is 19.3 Å². The highest BCUT2D eigenvalue weighted by atomic mass is 16.5. The van der Waals surface area contributed by atoms with Gasteiger partial charge in [-0.25, -0.2) is 4.79 Å². The summed E-state index contributed by atoms with van der Waals surface area (Å²) in [5.74, 6) is 0.473. The SMILES string of the molecule is CCOc1ccc(CCOCC(=O)O)cc1OCC. The standard InChI is InChI=1S/C14H20O5/c1-3-18-12-6-5-11(9-13(12)19-4-2)7-8-17-10-14(15)16/h5-6,9H,3-4,7-8,10H2,1-2H3,(H,15,16). The Balaban J connectivity index is 2.58. The van der Waals surface area contributed by atoms with E-state index >= 15 is 0 Å². The zero-order valence-electron chi connectivity index (χ0n) is 11.3. The van der Waals surface area contributed by atoms with Crippen molar-refractivity contribution in [1.29, 1.82) is 0 Å². The molecule has 0 unspecified atom stereocenters.